The van der Waals surface area contributed by atoms with Gasteiger partial charge in [-0.2, -0.15) is 0 Å². The number of carbonyl (C=O) groups is 2. The van der Waals surface area contributed by atoms with Crippen LogP contribution in [0, 0.1) is 0 Å². The monoisotopic (exact) mass is 373 g/mol. The lowest BCUT2D eigenvalue weighted by Crippen LogP contribution is -2.27. The fraction of sp³-hybridized carbons (Fsp3) is 0.316. The van der Waals surface area contributed by atoms with Gasteiger partial charge in [0.1, 0.15) is 0 Å². The van der Waals surface area contributed by atoms with E-state index in [-0.39, 0.29) is 16.6 Å². The van der Waals surface area contributed by atoms with Crippen molar-refractivity contribution in [3.05, 3.63) is 52.7 Å². The number of ether oxygens (including phenoxy) is 1. The Labute approximate surface area is 157 Å². The first kappa shape index (κ1) is 18.2. The quantitative estimate of drug-likeness (QED) is 0.868. The Morgan fingerprint density at radius 1 is 1.23 bits per heavy atom. The molecule has 2 heterocycles. The molecule has 2 amide bonds. The van der Waals surface area contributed by atoms with Crippen LogP contribution in [-0.4, -0.2) is 41.4 Å². The fourth-order valence-electron chi connectivity index (χ4n) is 2.83. The number of nitrogens with zero attached hydrogens (tertiary/aromatic N) is 2. The fourth-order valence-corrected chi connectivity index (χ4v) is 3.03. The maximum atomic E-state index is 12.5. The number of nitrogens with one attached hydrogen (secondary N) is 1. The number of aromatic nitrogens is 1. The summed E-state index contributed by atoms with van der Waals surface area (Å²) in [5.74, 6) is -0.143. The van der Waals surface area contributed by atoms with Gasteiger partial charge < -0.3 is 15.0 Å². The molecule has 136 valence electrons. The Hall–Kier alpha value is -2.60. The maximum Gasteiger partial charge on any atom is 0.275 e. The predicted octanol–water partition coefficient (Wildman–Crippen LogP) is 3.62. The molecule has 1 saturated heterocycles. The second-order valence-electron chi connectivity index (χ2n) is 5.95. The van der Waals surface area contributed by atoms with Gasteiger partial charge in [0.25, 0.3) is 11.8 Å². The Morgan fingerprint density at radius 3 is 2.73 bits per heavy atom. The zero-order valence-corrected chi connectivity index (χ0v) is 15.3. The first-order valence-electron chi connectivity index (χ1n) is 8.58. The number of hydrogen-bond donors (Lipinski definition) is 1. The number of amides is 2. The third kappa shape index (κ3) is 4.14. The summed E-state index contributed by atoms with van der Waals surface area (Å²) < 4.78 is 5.31. The minimum absolute atomic E-state index is 0.0203. The lowest BCUT2D eigenvalue weighted by atomic mass is 10.1. The molecule has 1 aliphatic rings. The van der Waals surface area contributed by atoms with Crippen molar-refractivity contribution in [2.24, 2.45) is 0 Å². The largest absolute Gasteiger partial charge is 0.478 e. The van der Waals surface area contributed by atoms with Crippen molar-refractivity contribution < 1.29 is 14.3 Å². The number of anilines is 1. The van der Waals surface area contributed by atoms with E-state index in [0.29, 0.717) is 23.7 Å². The lowest BCUT2D eigenvalue weighted by Gasteiger charge is -2.16. The van der Waals surface area contributed by atoms with E-state index in [0.717, 1.165) is 25.9 Å². The van der Waals surface area contributed by atoms with Gasteiger partial charge in [0, 0.05) is 30.4 Å². The van der Waals surface area contributed by atoms with E-state index in [1.165, 1.54) is 0 Å². The number of likely N-dealkylation sites (tertiary alicyclic amines) is 1. The molecule has 0 bridgehead atoms. The highest BCUT2D eigenvalue weighted by atomic mass is 35.5. The van der Waals surface area contributed by atoms with Gasteiger partial charge in [-0.3, -0.25) is 9.59 Å². The van der Waals surface area contributed by atoms with Crippen molar-refractivity contribution in [1.29, 1.82) is 0 Å². The molecule has 0 spiro atoms. The molecule has 1 fully saturated rings. The second-order valence-corrected chi connectivity index (χ2v) is 6.35. The van der Waals surface area contributed by atoms with Crippen LogP contribution >= 0.6 is 11.6 Å². The standard InChI is InChI=1S/C19H20ClN3O3/c1-2-26-16-9-8-15(20)17(22-16)18(24)21-14-7-5-6-13(12-14)19(25)23-10-3-4-11-23/h5-9,12H,2-4,10-11H2,1H3,(H,21,24). The summed E-state index contributed by atoms with van der Waals surface area (Å²) in [6.07, 6.45) is 2.06. The summed E-state index contributed by atoms with van der Waals surface area (Å²) in [5, 5.41) is 2.97. The normalized spacial score (nSPS) is 13.5. The van der Waals surface area contributed by atoms with Crippen molar-refractivity contribution in [2.45, 2.75) is 19.8 Å². The Kier molecular flexibility index (Phi) is 5.73. The smallest absolute Gasteiger partial charge is 0.275 e. The zero-order valence-electron chi connectivity index (χ0n) is 14.5. The second kappa shape index (κ2) is 8.19. The van der Waals surface area contributed by atoms with Crippen LogP contribution in [0.25, 0.3) is 0 Å². The van der Waals surface area contributed by atoms with Gasteiger partial charge in [0.05, 0.1) is 11.6 Å². The van der Waals surface area contributed by atoms with Crippen LogP contribution in [0.2, 0.25) is 5.02 Å². The summed E-state index contributed by atoms with van der Waals surface area (Å²) >= 11 is 6.09. The first-order valence-corrected chi connectivity index (χ1v) is 8.96. The highest BCUT2D eigenvalue weighted by molar-refractivity contribution is 6.34. The molecule has 0 atom stereocenters. The van der Waals surface area contributed by atoms with Crippen LogP contribution < -0.4 is 10.1 Å². The van der Waals surface area contributed by atoms with Crippen LogP contribution in [0.3, 0.4) is 0 Å². The van der Waals surface area contributed by atoms with E-state index in [2.05, 4.69) is 10.3 Å². The molecular formula is C19H20ClN3O3. The molecular weight excluding hydrogens is 354 g/mol. The molecule has 6 nitrogen and oxygen atoms in total. The highest BCUT2D eigenvalue weighted by Gasteiger charge is 2.20. The molecule has 2 aromatic rings. The average molecular weight is 374 g/mol. The minimum Gasteiger partial charge on any atom is -0.478 e. The summed E-state index contributed by atoms with van der Waals surface area (Å²) in [7, 11) is 0. The van der Waals surface area contributed by atoms with Crippen LogP contribution in [0.5, 0.6) is 5.88 Å². The van der Waals surface area contributed by atoms with Gasteiger partial charge in [-0.1, -0.05) is 17.7 Å². The number of carbonyl (C=O) groups excluding carboxylic acids is 2. The Balaban J connectivity index is 1.76. The SMILES string of the molecule is CCOc1ccc(Cl)c(C(=O)Nc2cccc(C(=O)N3CCCC3)c2)n1. The van der Waals surface area contributed by atoms with Crippen molar-refractivity contribution in [3.63, 3.8) is 0 Å². The number of benzene rings is 1. The van der Waals surface area contributed by atoms with Gasteiger partial charge in [0.15, 0.2) is 5.69 Å². The topological polar surface area (TPSA) is 71.5 Å². The molecule has 0 saturated carbocycles. The molecule has 1 aliphatic heterocycles. The van der Waals surface area contributed by atoms with E-state index < -0.39 is 5.91 Å². The molecule has 0 radical (unpaired) electrons. The van der Waals surface area contributed by atoms with Gasteiger partial charge in [0.2, 0.25) is 5.88 Å². The van der Waals surface area contributed by atoms with Gasteiger partial charge in [-0.05, 0) is 44.0 Å². The summed E-state index contributed by atoms with van der Waals surface area (Å²) in [6, 6.07) is 10.1. The average Bonchev–Trinajstić information content (AvgIpc) is 3.17. The van der Waals surface area contributed by atoms with Crippen molar-refractivity contribution in [1.82, 2.24) is 9.88 Å². The van der Waals surface area contributed by atoms with Gasteiger partial charge in [-0.25, -0.2) is 4.98 Å². The number of hydrogen-bond acceptors (Lipinski definition) is 4. The van der Waals surface area contributed by atoms with E-state index in [1.54, 1.807) is 36.4 Å². The van der Waals surface area contributed by atoms with E-state index in [9.17, 15) is 9.59 Å². The lowest BCUT2D eigenvalue weighted by molar-refractivity contribution is 0.0792. The van der Waals surface area contributed by atoms with Gasteiger partial charge in [-0.15, -0.1) is 0 Å². The Morgan fingerprint density at radius 2 is 2.00 bits per heavy atom. The van der Waals surface area contributed by atoms with Crippen LogP contribution in [0.1, 0.15) is 40.6 Å². The minimum atomic E-state index is -0.456. The highest BCUT2D eigenvalue weighted by Crippen LogP contribution is 2.21. The third-order valence-corrected chi connectivity index (χ3v) is 4.39. The van der Waals surface area contributed by atoms with E-state index in [4.69, 9.17) is 16.3 Å². The number of pyridine rings is 1. The van der Waals surface area contributed by atoms with Gasteiger partial charge >= 0.3 is 0 Å². The maximum absolute atomic E-state index is 12.5. The molecule has 0 aliphatic carbocycles. The Bertz CT molecular complexity index is 819. The van der Waals surface area contributed by atoms with Crippen LogP contribution in [-0.2, 0) is 0 Å². The molecule has 1 aromatic heterocycles. The number of rotatable bonds is 5. The van der Waals surface area contributed by atoms with E-state index in [1.807, 2.05) is 11.8 Å². The predicted molar refractivity (Wildman–Crippen MR) is 99.9 cm³/mol. The molecule has 1 aromatic carbocycles. The molecule has 26 heavy (non-hydrogen) atoms. The summed E-state index contributed by atoms with van der Waals surface area (Å²) in [6.45, 7) is 3.83. The van der Waals surface area contributed by atoms with Crippen LogP contribution in [0.4, 0.5) is 5.69 Å². The van der Waals surface area contributed by atoms with E-state index >= 15 is 0 Å². The number of halogens is 1. The molecule has 7 heteroatoms. The molecule has 3 rings (SSSR count). The summed E-state index contributed by atoms with van der Waals surface area (Å²) in [5.41, 5.74) is 1.14. The van der Waals surface area contributed by atoms with Crippen LogP contribution in [0.15, 0.2) is 36.4 Å². The van der Waals surface area contributed by atoms with Crippen molar-refractivity contribution in [2.75, 3.05) is 25.0 Å². The third-order valence-electron chi connectivity index (χ3n) is 4.09. The molecule has 1 N–H and O–H groups in total. The summed E-state index contributed by atoms with van der Waals surface area (Å²) in [4.78, 5) is 31.0. The first-order chi connectivity index (χ1) is 12.6. The van der Waals surface area contributed by atoms with Crippen molar-refractivity contribution in [3.8, 4) is 5.88 Å². The zero-order chi connectivity index (χ0) is 18.5. The van der Waals surface area contributed by atoms with Crippen molar-refractivity contribution >= 4 is 29.1 Å². The molecule has 0 unspecified atom stereocenters.